The third kappa shape index (κ3) is 2.88. The molecule has 2 aliphatic carbocycles. The summed E-state index contributed by atoms with van der Waals surface area (Å²) in [5.74, 6) is 1.88. The maximum absolute atomic E-state index is 11.6. The molecule has 94 valence electrons. The predicted molar refractivity (Wildman–Crippen MR) is 52.2 cm³/mol. The smallest absolute Gasteiger partial charge is 0.634 e. The lowest BCUT2D eigenvalue weighted by Crippen LogP contribution is -3.18. The average molecular weight is 240 g/mol. The number of halogens is 4. The molecule has 4 rings (SSSR count). The molecule has 1 N–H and O–H groups in total. The fourth-order valence-electron chi connectivity index (χ4n) is 3.65. The van der Waals surface area contributed by atoms with E-state index < -0.39 is 7.25 Å². The normalized spacial score (nSPS) is 45.2. The first kappa shape index (κ1) is 12.2. The molecule has 2 saturated heterocycles. The zero-order valence-electron chi connectivity index (χ0n) is 8.84. The molecule has 2 saturated carbocycles. The van der Waals surface area contributed by atoms with Gasteiger partial charge < -0.3 is 27.5 Å². The molecule has 0 aromatic rings. The van der Waals surface area contributed by atoms with Gasteiger partial charge in [0, 0.05) is 25.7 Å². The van der Waals surface area contributed by atoms with Gasteiger partial charge >= 0.3 is 7.25 Å². The number of hydrogen-bond acceptors (Lipinski definition) is 1. The van der Waals surface area contributed by atoms with Crippen molar-refractivity contribution in [3.05, 3.63) is 5.21 Å². The molecular formula is C9H15BF4NO-. The van der Waals surface area contributed by atoms with Gasteiger partial charge in [-0.25, -0.2) is 0 Å². The van der Waals surface area contributed by atoms with Crippen molar-refractivity contribution >= 4 is 7.25 Å². The largest absolute Gasteiger partial charge is 0.673 e. The van der Waals surface area contributed by atoms with E-state index in [9.17, 15) is 22.5 Å². The maximum Gasteiger partial charge on any atom is 0.673 e. The van der Waals surface area contributed by atoms with E-state index in [1.807, 2.05) is 0 Å². The van der Waals surface area contributed by atoms with E-state index in [1.165, 1.54) is 32.1 Å². The molecule has 4 fully saturated rings. The molecular weight excluding hydrogens is 225 g/mol. The molecule has 2 aliphatic heterocycles. The van der Waals surface area contributed by atoms with Crippen LogP contribution in [0.15, 0.2) is 0 Å². The Hall–Kier alpha value is -0.295. The lowest BCUT2D eigenvalue weighted by atomic mass is 9.64. The summed E-state index contributed by atoms with van der Waals surface area (Å²) in [6.07, 6.45) is 6.41. The monoisotopic (exact) mass is 240 g/mol. The van der Waals surface area contributed by atoms with Gasteiger partial charge in [-0.3, -0.25) is 0 Å². The van der Waals surface area contributed by atoms with Crippen LogP contribution in [0.5, 0.6) is 0 Å². The minimum absolute atomic E-state index is 0.506. The minimum atomic E-state index is -6.00. The van der Waals surface area contributed by atoms with Crippen LogP contribution in [0, 0.1) is 17.0 Å². The topological polar surface area (TPSA) is 27.5 Å². The molecule has 0 spiro atoms. The van der Waals surface area contributed by atoms with E-state index in [2.05, 4.69) is 0 Å². The summed E-state index contributed by atoms with van der Waals surface area (Å²) in [6.45, 7) is 0. The molecule has 0 aromatic heterocycles. The predicted octanol–water partition coefficient (Wildman–Crippen LogP) is 1.63. The Balaban J connectivity index is 0.000000168. The molecule has 16 heavy (non-hydrogen) atoms. The number of hydrogen-bond donors (Lipinski definition) is 1. The van der Waals surface area contributed by atoms with Crippen molar-refractivity contribution in [3.63, 3.8) is 0 Å². The summed E-state index contributed by atoms with van der Waals surface area (Å²) in [5.41, 5.74) is 0. The first-order chi connectivity index (χ1) is 7.33. The quantitative estimate of drug-likeness (QED) is 0.389. The lowest BCUT2D eigenvalue weighted by Gasteiger charge is -2.55. The molecule has 0 unspecified atom stereocenters. The molecule has 0 amide bonds. The van der Waals surface area contributed by atoms with Crippen LogP contribution in [0.3, 0.4) is 0 Å². The second kappa shape index (κ2) is 4.18. The van der Waals surface area contributed by atoms with E-state index in [4.69, 9.17) is 0 Å². The van der Waals surface area contributed by atoms with Gasteiger partial charge in [-0.1, -0.05) is 0 Å². The van der Waals surface area contributed by atoms with E-state index in [0.717, 1.165) is 11.8 Å². The number of piperidine rings is 2. The highest BCUT2D eigenvalue weighted by Crippen LogP contribution is 2.41. The van der Waals surface area contributed by atoms with Crippen molar-refractivity contribution in [2.24, 2.45) is 11.8 Å². The maximum atomic E-state index is 11.6. The van der Waals surface area contributed by atoms with Gasteiger partial charge in [0.05, 0.1) is 12.1 Å². The van der Waals surface area contributed by atoms with E-state index in [-0.39, 0.29) is 0 Å². The summed E-state index contributed by atoms with van der Waals surface area (Å²) >= 11 is 0. The van der Waals surface area contributed by atoms with Gasteiger partial charge in [0.25, 0.3) is 0 Å². The van der Waals surface area contributed by atoms with Crippen LogP contribution >= 0.6 is 0 Å². The van der Waals surface area contributed by atoms with Gasteiger partial charge in [-0.05, 0) is 18.3 Å². The van der Waals surface area contributed by atoms with Crippen LogP contribution in [-0.4, -0.2) is 19.3 Å². The molecule has 7 heteroatoms. The first-order valence-electron chi connectivity index (χ1n) is 5.74. The van der Waals surface area contributed by atoms with E-state index in [1.54, 1.807) is 0 Å². The number of quaternary nitrogens is 1. The number of rotatable bonds is 0. The Bertz CT molecular complexity index is 226. The van der Waals surface area contributed by atoms with Gasteiger partial charge in [0.2, 0.25) is 0 Å². The average Bonchev–Trinajstić information content (AvgIpc) is 2.09. The zero-order chi connectivity index (χ0) is 11.9. The molecule has 4 bridgehead atoms. The Morgan fingerprint density at radius 3 is 1.44 bits per heavy atom. The number of hydroxylamine groups is 2. The standard InChI is InChI=1S/C9H15NO.BF4/c11-10-8-2-6-1-7(4-8)5-9(10)3-6;2-1(3,4)5/h6-10H,1-5H2;/q;-1. The Kier molecular flexibility index (Phi) is 3.18. The highest BCUT2D eigenvalue weighted by atomic mass is 19.5. The number of nitrogens with one attached hydrogen (secondary N) is 1. The summed E-state index contributed by atoms with van der Waals surface area (Å²) in [4.78, 5) is 0. The Labute approximate surface area is 91.7 Å². The van der Waals surface area contributed by atoms with Gasteiger partial charge in [-0.2, -0.15) is 0 Å². The SMILES string of the molecule is F[B-](F)(F)F.[O-][NH+]1C2CC3CC(C2)CC1C3. The van der Waals surface area contributed by atoms with Crippen molar-refractivity contribution in [1.29, 1.82) is 0 Å². The third-order valence-electron chi connectivity index (χ3n) is 3.94. The molecule has 2 heterocycles. The fourth-order valence-corrected chi connectivity index (χ4v) is 3.65. The van der Waals surface area contributed by atoms with Crippen molar-refractivity contribution < 1.29 is 22.3 Å². The second-order valence-electron chi connectivity index (χ2n) is 5.20. The van der Waals surface area contributed by atoms with Gasteiger partial charge in [0.1, 0.15) is 0 Å². The van der Waals surface area contributed by atoms with E-state index >= 15 is 0 Å². The van der Waals surface area contributed by atoms with Crippen LogP contribution in [0.2, 0.25) is 0 Å². The summed E-state index contributed by atoms with van der Waals surface area (Å²) in [6, 6.07) is 1.01. The van der Waals surface area contributed by atoms with Crippen LogP contribution in [0.25, 0.3) is 0 Å². The van der Waals surface area contributed by atoms with Crippen molar-refractivity contribution in [3.8, 4) is 0 Å². The summed E-state index contributed by atoms with van der Waals surface area (Å²) in [5, 5.41) is 12.2. The molecule has 4 aliphatic rings. The van der Waals surface area contributed by atoms with Crippen molar-refractivity contribution in [2.75, 3.05) is 0 Å². The van der Waals surface area contributed by atoms with E-state index in [0.29, 0.717) is 17.1 Å². The van der Waals surface area contributed by atoms with Crippen molar-refractivity contribution in [1.82, 2.24) is 0 Å². The minimum Gasteiger partial charge on any atom is -0.634 e. The third-order valence-corrected chi connectivity index (χ3v) is 3.94. The highest BCUT2D eigenvalue weighted by molar-refractivity contribution is 6.50. The highest BCUT2D eigenvalue weighted by Gasteiger charge is 2.47. The van der Waals surface area contributed by atoms with Crippen LogP contribution < -0.4 is 5.06 Å². The Morgan fingerprint density at radius 1 is 0.812 bits per heavy atom. The van der Waals surface area contributed by atoms with Crippen molar-refractivity contribution in [2.45, 2.75) is 44.2 Å². The summed E-state index contributed by atoms with van der Waals surface area (Å²) in [7, 11) is -6.00. The summed E-state index contributed by atoms with van der Waals surface area (Å²) < 4.78 is 39.0. The van der Waals surface area contributed by atoms with Crippen LogP contribution in [0.4, 0.5) is 17.3 Å². The zero-order valence-corrected chi connectivity index (χ0v) is 8.84. The first-order valence-corrected chi connectivity index (χ1v) is 5.74. The van der Waals surface area contributed by atoms with Gasteiger partial charge in [-0.15, -0.1) is 0 Å². The molecule has 0 aromatic carbocycles. The molecule has 2 nitrogen and oxygen atoms in total. The molecule has 0 radical (unpaired) electrons. The fraction of sp³-hybridized carbons (Fsp3) is 1.00. The molecule has 0 atom stereocenters. The second-order valence-corrected chi connectivity index (χ2v) is 5.20. The van der Waals surface area contributed by atoms with Gasteiger partial charge in [0.15, 0.2) is 0 Å². The van der Waals surface area contributed by atoms with Crippen LogP contribution in [-0.2, 0) is 0 Å². The Morgan fingerprint density at radius 2 is 1.12 bits per heavy atom. The van der Waals surface area contributed by atoms with Crippen LogP contribution in [0.1, 0.15) is 32.1 Å². The lowest BCUT2D eigenvalue weighted by molar-refractivity contribution is -0.919.